The number of alkyl halides is 6. The van der Waals surface area contributed by atoms with Crippen LogP contribution in [-0.4, -0.2) is 11.0 Å². The number of hydrogen-bond donors (Lipinski definition) is 2. The molecule has 0 aromatic heterocycles. The van der Waals surface area contributed by atoms with E-state index in [1.165, 1.54) is 12.1 Å². The van der Waals surface area contributed by atoms with E-state index in [1.54, 1.807) is 6.07 Å². The number of aryl methyl sites for hydroxylation is 2. The molecule has 9 heteroatoms. The topological polar surface area (TPSA) is 49.3 Å². The number of carbonyl (C=O) groups excluding carboxylic acids is 1. The Kier molecular flexibility index (Phi) is 6.47. The lowest BCUT2D eigenvalue weighted by molar-refractivity contribution is -0.143. The van der Waals surface area contributed by atoms with Crippen molar-refractivity contribution in [2.75, 3.05) is 5.32 Å². The van der Waals surface area contributed by atoms with Crippen LogP contribution in [0, 0.1) is 0 Å². The van der Waals surface area contributed by atoms with Gasteiger partial charge in [0.05, 0.1) is 16.7 Å². The quantitative estimate of drug-likeness (QED) is 0.435. The molecule has 0 bridgehead atoms. The Bertz CT molecular complexity index is 1080. The van der Waals surface area contributed by atoms with Gasteiger partial charge in [-0.25, -0.2) is 0 Å². The van der Waals surface area contributed by atoms with Crippen LogP contribution in [0.25, 0.3) is 0 Å². The molecule has 0 spiro atoms. The van der Waals surface area contributed by atoms with Gasteiger partial charge in [-0.1, -0.05) is 36.4 Å². The molecule has 3 nitrogen and oxygen atoms in total. The molecule has 0 atom stereocenters. The van der Waals surface area contributed by atoms with Crippen molar-refractivity contribution in [3.05, 3.63) is 94.5 Å². The predicted octanol–water partition coefficient (Wildman–Crippen LogP) is 6.47. The normalized spacial score (nSPS) is 11.9. The molecule has 1 amide bonds. The predicted molar refractivity (Wildman–Crippen MR) is 106 cm³/mol. The molecule has 0 fully saturated rings. The van der Waals surface area contributed by atoms with E-state index in [0.717, 1.165) is 5.56 Å². The van der Waals surface area contributed by atoms with Gasteiger partial charge in [-0.2, -0.15) is 26.3 Å². The Morgan fingerprint density at radius 3 is 1.88 bits per heavy atom. The van der Waals surface area contributed by atoms with Gasteiger partial charge in [-0.15, -0.1) is 0 Å². The van der Waals surface area contributed by atoms with Crippen LogP contribution in [0.3, 0.4) is 0 Å². The van der Waals surface area contributed by atoms with Crippen LogP contribution in [0.5, 0.6) is 5.75 Å². The number of rotatable bonds is 5. The first kappa shape index (κ1) is 23.2. The number of amides is 1. The van der Waals surface area contributed by atoms with Crippen molar-refractivity contribution in [1.82, 2.24) is 0 Å². The van der Waals surface area contributed by atoms with Crippen LogP contribution in [0.1, 0.15) is 32.6 Å². The molecule has 3 aromatic rings. The molecule has 2 N–H and O–H groups in total. The average molecular weight is 453 g/mol. The first-order valence-corrected chi connectivity index (χ1v) is 9.40. The maximum absolute atomic E-state index is 13.0. The molecular formula is C23H17F6NO2. The highest BCUT2D eigenvalue weighted by atomic mass is 19.4. The first-order valence-electron chi connectivity index (χ1n) is 9.40. The van der Waals surface area contributed by atoms with Crippen molar-refractivity contribution >= 4 is 11.6 Å². The standard InChI is InChI=1S/C23H17F6NO2/c24-22(25,26)16-11-17(23(27,28)29)13-18(12-16)30-21(32)19-10-15(8-9-20(19)31)7-6-14-4-2-1-3-5-14/h1-5,8-13,31H,6-7H2,(H,30,32). The number of aromatic hydroxyl groups is 1. The number of halogens is 6. The molecule has 0 heterocycles. The maximum Gasteiger partial charge on any atom is 0.416 e. The number of carbonyl (C=O) groups is 1. The number of phenolic OH excluding ortho intramolecular Hbond substituents is 1. The third-order valence-electron chi connectivity index (χ3n) is 4.70. The fraction of sp³-hybridized carbons (Fsp3) is 0.174. The van der Waals surface area contributed by atoms with Crippen LogP contribution >= 0.6 is 0 Å². The van der Waals surface area contributed by atoms with Crippen molar-refractivity contribution in [1.29, 1.82) is 0 Å². The van der Waals surface area contributed by atoms with Crippen LogP contribution in [-0.2, 0) is 25.2 Å². The number of phenols is 1. The Morgan fingerprint density at radius 1 is 0.750 bits per heavy atom. The minimum atomic E-state index is -5.04. The lowest BCUT2D eigenvalue weighted by Gasteiger charge is -2.15. The highest BCUT2D eigenvalue weighted by Crippen LogP contribution is 2.37. The van der Waals surface area contributed by atoms with Gasteiger partial charge in [0, 0.05) is 5.69 Å². The summed E-state index contributed by atoms with van der Waals surface area (Å²) in [6.07, 6.45) is -8.94. The summed E-state index contributed by atoms with van der Waals surface area (Å²) in [5, 5.41) is 12.0. The minimum Gasteiger partial charge on any atom is -0.507 e. The van der Waals surface area contributed by atoms with Gasteiger partial charge in [0.1, 0.15) is 5.75 Å². The van der Waals surface area contributed by atoms with E-state index in [2.05, 4.69) is 0 Å². The zero-order valence-corrected chi connectivity index (χ0v) is 16.4. The molecule has 0 aliphatic heterocycles. The van der Waals surface area contributed by atoms with Crippen molar-refractivity contribution in [3.63, 3.8) is 0 Å². The second-order valence-corrected chi connectivity index (χ2v) is 7.09. The van der Waals surface area contributed by atoms with Crippen molar-refractivity contribution in [2.24, 2.45) is 0 Å². The molecule has 0 saturated carbocycles. The van der Waals surface area contributed by atoms with Crippen molar-refractivity contribution < 1.29 is 36.2 Å². The second-order valence-electron chi connectivity index (χ2n) is 7.09. The molecule has 3 aromatic carbocycles. The molecule has 0 unspecified atom stereocenters. The lowest BCUT2D eigenvalue weighted by atomic mass is 10.0. The SMILES string of the molecule is O=C(Nc1cc(C(F)(F)F)cc(C(F)(F)F)c1)c1cc(CCc2ccccc2)ccc1O. The summed E-state index contributed by atoms with van der Waals surface area (Å²) in [4.78, 5) is 12.5. The van der Waals surface area contributed by atoms with E-state index < -0.39 is 40.8 Å². The molecule has 0 radical (unpaired) electrons. The fourth-order valence-corrected chi connectivity index (χ4v) is 3.08. The average Bonchev–Trinajstić information content (AvgIpc) is 2.72. The maximum atomic E-state index is 13.0. The zero-order chi connectivity index (χ0) is 23.5. The van der Waals surface area contributed by atoms with Gasteiger partial charge in [0.25, 0.3) is 5.91 Å². The fourth-order valence-electron chi connectivity index (χ4n) is 3.08. The third kappa shape index (κ3) is 5.81. The Labute approximate surface area is 179 Å². The number of hydrogen-bond acceptors (Lipinski definition) is 2. The summed E-state index contributed by atoms with van der Waals surface area (Å²) in [7, 11) is 0. The van der Waals surface area contributed by atoms with Crippen molar-refractivity contribution in [3.8, 4) is 5.75 Å². The van der Waals surface area contributed by atoms with E-state index in [9.17, 15) is 36.2 Å². The number of benzene rings is 3. The number of nitrogens with one attached hydrogen (secondary N) is 1. The van der Waals surface area contributed by atoms with Gasteiger partial charge in [0.2, 0.25) is 0 Å². The lowest BCUT2D eigenvalue weighted by Crippen LogP contribution is -2.16. The summed E-state index contributed by atoms with van der Waals surface area (Å²) >= 11 is 0. The summed E-state index contributed by atoms with van der Waals surface area (Å²) in [6.45, 7) is 0. The minimum absolute atomic E-state index is 0.0304. The molecule has 0 aliphatic rings. The summed E-state index contributed by atoms with van der Waals surface area (Å²) in [5.41, 5.74) is -2.35. The second kappa shape index (κ2) is 8.94. The number of anilines is 1. The summed E-state index contributed by atoms with van der Waals surface area (Å²) in [6, 6.07) is 14.4. The van der Waals surface area contributed by atoms with Gasteiger partial charge in [-0.05, 0) is 54.3 Å². The highest BCUT2D eigenvalue weighted by Gasteiger charge is 2.37. The molecule has 3 rings (SSSR count). The largest absolute Gasteiger partial charge is 0.507 e. The molecule has 168 valence electrons. The van der Waals surface area contributed by atoms with Gasteiger partial charge < -0.3 is 10.4 Å². The van der Waals surface area contributed by atoms with E-state index in [0.29, 0.717) is 30.5 Å². The third-order valence-corrected chi connectivity index (χ3v) is 4.70. The summed E-state index contributed by atoms with van der Waals surface area (Å²) < 4.78 is 78.1. The highest BCUT2D eigenvalue weighted by molar-refractivity contribution is 6.06. The molecule has 32 heavy (non-hydrogen) atoms. The zero-order valence-electron chi connectivity index (χ0n) is 16.4. The molecule has 0 aliphatic carbocycles. The Morgan fingerprint density at radius 2 is 1.31 bits per heavy atom. The van der Waals surface area contributed by atoms with Gasteiger partial charge >= 0.3 is 12.4 Å². The van der Waals surface area contributed by atoms with Crippen LogP contribution in [0.15, 0.2) is 66.7 Å². The Hall–Kier alpha value is -3.49. The van der Waals surface area contributed by atoms with Gasteiger partial charge in [-0.3, -0.25) is 4.79 Å². The van der Waals surface area contributed by atoms with Gasteiger partial charge in [0.15, 0.2) is 0 Å². The van der Waals surface area contributed by atoms with Crippen LogP contribution in [0.2, 0.25) is 0 Å². The Balaban J connectivity index is 1.85. The summed E-state index contributed by atoms with van der Waals surface area (Å²) in [5.74, 6) is -1.48. The monoisotopic (exact) mass is 453 g/mol. The van der Waals surface area contributed by atoms with E-state index >= 15 is 0 Å². The smallest absolute Gasteiger partial charge is 0.416 e. The van der Waals surface area contributed by atoms with Crippen molar-refractivity contribution in [2.45, 2.75) is 25.2 Å². The van der Waals surface area contributed by atoms with Crippen LogP contribution in [0.4, 0.5) is 32.0 Å². The van der Waals surface area contributed by atoms with Crippen LogP contribution < -0.4 is 5.32 Å². The molecular weight excluding hydrogens is 436 g/mol. The molecule has 0 saturated heterocycles. The van der Waals surface area contributed by atoms with E-state index in [1.807, 2.05) is 35.6 Å². The van der Waals surface area contributed by atoms with E-state index in [4.69, 9.17) is 0 Å². The van der Waals surface area contributed by atoms with E-state index in [-0.39, 0.29) is 11.6 Å². The first-order chi connectivity index (χ1) is 14.9.